The Bertz CT molecular complexity index is 1410. The molecule has 8 nitrogen and oxygen atoms in total. The molecule has 0 spiro atoms. The van der Waals surface area contributed by atoms with Crippen LogP contribution in [0.4, 0.5) is 5.69 Å². The van der Waals surface area contributed by atoms with Gasteiger partial charge in [-0.3, -0.25) is 29.4 Å². The fraction of sp³-hybridized carbons (Fsp3) is 0.0833. The average molecular weight is 428 g/mol. The Hall–Kier alpha value is -4.46. The molecule has 0 aliphatic rings. The molecule has 4 rings (SSSR count). The Morgan fingerprint density at radius 3 is 2.31 bits per heavy atom. The maximum absolute atomic E-state index is 12.7. The molecule has 0 fully saturated rings. The predicted octanol–water partition coefficient (Wildman–Crippen LogP) is 2.18. The summed E-state index contributed by atoms with van der Waals surface area (Å²) in [6.45, 7) is -0.296. The zero-order valence-corrected chi connectivity index (χ0v) is 17.0. The van der Waals surface area contributed by atoms with Crippen molar-refractivity contribution in [3.05, 3.63) is 110 Å². The van der Waals surface area contributed by atoms with E-state index in [1.807, 2.05) is 42.5 Å². The fourth-order valence-corrected chi connectivity index (χ4v) is 3.50. The monoisotopic (exact) mass is 428 g/mol. The highest BCUT2D eigenvalue weighted by atomic mass is 16.2. The number of aromatic nitrogens is 2. The number of hydrogen-bond donors (Lipinski definition) is 4. The molecule has 1 heterocycles. The molecule has 0 unspecified atom stereocenters. The Morgan fingerprint density at radius 1 is 0.781 bits per heavy atom. The van der Waals surface area contributed by atoms with Crippen molar-refractivity contribution in [1.82, 2.24) is 15.5 Å². The van der Waals surface area contributed by atoms with Crippen molar-refractivity contribution < 1.29 is 9.59 Å². The van der Waals surface area contributed by atoms with E-state index in [0.717, 1.165) is 11.1 Å². The molecule has 1 aromatic heterocycles. The Kier molecular flexibility index (Phi) is 5.94. The van der Waals surface area contributed by atoms with Gasteiger partial charge in [0.1, 0.15) is 0 Å². The molecular weight excluding hydrogens is 408 g/mol. The van der Waals surface area contributed by atoms with Gasteiger partial charge < -0.3 is 10.6 Å². The van der Waals surface area contributed by atoms with Gasteiger partial charge in [-0.2, -0.15) is 0 Å². The number of carbonyl (C=O) groups is 2. The number of rotatable bonds is 6. The maximum atomic E-state index is 12.7. The normalized spacial score (nSPS) is 10.6. The lowest BCUT2D eigenvalue weighted by Crippen LogP contribution is -2.33. The molecule has 2 amide bonds. The van der Waals surface area contributed by atoms with E-state index in [1.165, 1.54) is 12.1 Å². The summed E-state index contributed by atoms with van der Waals surface area (Å²) >= 11 is 0. The molecule has 4 aromatic rings. The number of hydrogen-bond acceptors (Lipinski definition) is 4. The molecule has 3 aromatic carbocycles. The van der Waals surface area contributed by atoms with Gasteiger partial charge in [0.05, 0.1) is 23.0 Å². The highest BCUT2D eigenvalue weighted by Gasteiger charge is 2.14. The van der Waals surface area contributed by atoms with Crippen molar-refractivity contribution in [2.75, 3.05) is 11.9 Å². The van der Waals surface area contributed by atoms with E-state index in [2.05, 4.69) is 20.8 Å². The van der Waals surface area contributed by atoms with Crippen LogP contribution < -0.4 is 21.8 Å². The van der Waals surface area contributed by atoms with E-state index in [9.17, 15) is 19.2 Å². The first-order valence-corrected chi connectivity index (χ1v) is 9.96. The van der Waals surface area contributed by atoms with Crippen molar-refractivity contribution in [3.8, 4) is 0 Å². The van der Waals surface area contributed by atoms with Gasteiger partial charge in [-0.15, -0.1) is 0 Å². The van der Waals surface area contributed by atoms with E-state index in [-0.39, 0.29) is 28.9 Å². The number of anilines is 1. The second-order valence-corrected chi connectivity index (χ2v) is 7.19. The second-order valence-electron chi connectivity index (χ2n) is 7.19. The lowest BCUT2D eigenvalue weighted by atomic mass is 9.99. The molecule has 0 saturated carbocycles. The first-order valence-electron chi connectivity index (χ1n) is 9.96. The third-order valence-electron chi connectivity index (χ3n) is 5.01. The minimum absolute atomic E-state index is 0.0733. The summed E-state index contributed by atoms with van der Waals surface area (Å²) in [5.41, 5.74) is 1.59. The van der Waals surface area contributed by atoms with E-state index >= 15 is 0 Å². The van der Waals surface area contributed by atoms with Gasteiger partial charge in [-0.1, -0.05) is 54.6 Å². The van der Waals surface area contributed by atoms with Crippen LogP contribution in [0.1, 0.15) is 21.5 Å². The van der Waals surface area contributed by atoms with Crippen LogP contribution in [0.15, 0.2) is 82.4 Å². The first-order chi connectivity index (χ1) is 15.5. The lowest BCUT2D eigenvalue weighted by molar-refractivity contribution is -0.115. The Morgan fingerprint density at radius 2 is 1.50 bits per heavy atom. The van der Waals surface area contributed by atoms with Crippen molar-refractivity contribution >= 4 is 28.3 Å². The van der Waals surface area contributed by atoms with Gasteiger partial charge in [0.15, 0.2) is 0 Å². The van der Waals surface area contributed by atoms with Crippen LogP contribution in [0.2, 0.25) is 0 Å². The largest absolute Gasteiger partial charge is 0.343 e. The van der Waals surface area contributed by atoms with E-state index in [1.54, 1.807) is 18.2 Å². The number of benzene rings is 3. The van der Waals surface area contributed by atoms with Gasteiger partial charge in [-0.05, 0) is 35.7 Å². The van der Waals surface area contributed by atoms with Gasteiger partial charge in [0, 0.05) is 5.56 Å². The second kappa shape index (κ2) is 9.13. The van der Waals surface area contributed by atoms with Crippen LogP contribution in [0.25, 0.3) is 10.8 Å². The van der Waals surface area contributed by atoms with Crippen LogP contribution in [0, 0.1) is 0 Å². The minimum Gasteiger partial charge on any atom is -0.343 e. The number of fused-ring (bicyclic) bond motifs is 1. The number of amides is 2. The summed E-state index contributed by atoms with van der Waals surface area (Å²) in [6, 6.07) is 21.6. The topological polar surface area (TPSA) is 124 Å². The third-order valence-corrected chi connectivity index (χ3v) is 5.01. The van der Waals surface area contributed by atoms with Crippen molar-refractivity contribution in [2.45, 2.75) is 6.42 Å². The van der Waals surface area contributed by atoms with E-state index < -0.39 is 17.0 Å². The predicted molar refractivity (Wildman–Crippen MR) is 122 cm³/mol. The van der Waals surface area contributed by atoms with E-state index in [4.69, 9.17) is 0 Å². The average Bonchev–Trinajstić information content (AvgIpc) is 2.81. The standard InChI is InChI=1S/C24H20N4O4/c29-20(26-19-12-6-11-18-21(19)24(32)28-27-23(18)31)14-25-22(30)17-10-5-4-9-16(17)13-15-7-2-1-3-8-15/h1-12H,13-14H2,(H,25,30)(H,26,29)(H,27,31)(H,28,32). The summed E-state index contributed by atoms with van der Waals surface area (Å²) in [5, 5.41) is 9.91. The minimum atomic E-state index is -0.533. The molecule has 8 heteroatoms. The number of carbonyl (C=O) groups excluding carboxylic acids is 2. The number of H-pyrrole nitrogens is 2. The molecule has 0 aliphatic carbocycles. The molecular formula is C24H20N4O4. The summed E-state index contributed by atoms with van der Waals surface area (Å²) < 4.78 is 0. The summed E-state index contributed by atoms with van der Waals surface area (Å²) in [7, 11) is 0. The van der Waals surface area contributed by atoms with Crippen LogP contribution in [0.3, 0.4) is 0 Å². The van der Waals surface area contributed by atoms with Gasteiger partial charge in [-0.25, -0.2) is 0 Å². The van der Waals surface area contributed by atoms with Gasteiger partial charge in [0.25, 0.3) is 17.0 Å². The molecule has 0 saturated heterocycles. The van der Waals surface area contributed by atoms with Crippen LogP contribution in [-0.4, -0.2) is 28.6 Å². The molecule has 32 heavy (non-hydrogen) atoms. The highest BCUT2D eigenvalue weighted by Crippen LogP contribution is 2.17. The smallest absolute Gasteiger partial charge is 0.272 e. The van der Waals surface area contributed by atoms with Crippen LogP contribution in [0.5, 0.6) is 0 Å². The molecule has 0 radical (unpaired) electrons. The van der Waals surface area contributed by atoms with Gasteiger partial charge in [0.2, 0.25) is 5.91 Å². The van der Waals surface area contributed by atoms with Crippen molar-refractivity contribution in [2.24, 2.45) is 0 Å². The Labute approximate surface area is 182 Å². The zero-order chi connectivity index (χ0) is 22.5. The third kappa shape index (κ3) is 4.49. The van der Waals surface area contributed by atoms with Crippen LogP contribution in [-0.2, 0) is 11.2 Å². The van der Waals surface area contributed by atoms with Gasteiger partial charge >= 0.3 is 0 Å². The number of nitrogens with one attached hydrogen (secondary N) is 4. The quantitative estimate of drug-likeness (QED) is 0.376. The SMILES string of the molecule is O=C(CNC(=O)c1ccccc1Cc1ccccc1)Nc1cccc2c(=O)[nH][nH]c(=O)c12. The molecule has 4 N–H and O–H groups in total. The maximum Gasteiger partial charge on any atom is 0.272 e. The zero-order valence-electron chi connectivity index (χ0n) is 17.0. The molecule has 160 valence electrons. The Balaban J connectivity index is 1.46. The summed E-state index contributed by atoms with van der Waals surface area (Å²) in [6.07, 6.45) is 0.587. The summed E-state index contributed by atoms with van der Waals surface area (Å²) in [4.78, 5) is 49.2. The molecule has 0 atom stereocenters. The molecule has 0 aliphatic heterocycles. The van der Waals surface area contributed by atoms with Crippen molar-refractivity contribution in [3.63, 3.8) is 0 Å². The fourth-order valence-electron chi connectivity index (χ4n) is 3.50. The van der Waals surface area contributed by atoms with E-state index in [0.29, 0.717) is 12.0 Å². The van der Waals surface area contributed by atoms with Crippen molar-refractivity contribution in [1.29, 1.82) is 0 Å². The highest BCUT2D eigenvalue weighted by molar-refractivity contribution is 6.04. The lowest BCUT2D eigenvalue weighted by Gasteiger charge is -2.11. The first kappa shape index (κ1) is 20.8. The number of aromatic amines is 2. The molecule has 0 bridgehead atoms. The van der Waals surface area contributed by atoms with Crippen LogP contribution >= 0.6 is 0 Å². The summed E-state index contributed by atoms with van der Waals surface area (Å²) in [5.74, 6) is -0.898.